The van der Waals surface area contributed by atoms with Crippen molar-refractivity contribution in [3.8, 4) is 11.3 Å². The maximum absolute atomic E-state index is 12.3. The van der Waals surface area contributed by atoms with Gasteiger partial charge in [0.2, 0.25) is 5.91 Å². The number of nitrogens with zero attached hydrogens (tertiary/aromatic N) is 1. The van der Waals surface area contributed by atoms with E-state index >= 15 is 0 Å². The molecule has 24 heavy (non-hydrogen) atoms. The maximum atomic E-state index is 12.3. The second kappa shape index (κ2) is 8.09. The molecular weight excluding hydrogens is 296 g/mol. The largest absolute Gasteiger partial charge is 0.353 e. The smallest absolute Gasteiger partial charge is 0.224 e. The van der Waals surface area contributed by atoms with Gasteiger partial charge < -0.3 is 5.32 Å². The van der Waals surface area contributed by atoms with Gasteiger partial charge in [-0.2, -0.15) is 0 Å². The fourth-order valence-corrected chi connectivity index (χ4v) is 3.57. The number of carbonyl (C=O) groups is 1. The van der Waals surface area contributed by atoms with Gasteiger partial charge in [0.05, 0.1) is 12.1 Å². The molecule has 2 aromatic rings. The Morgan fingerprint density at radius 2 is 1.88 bits per heavy atom. The van der Waals surface area contributed by atoms with Crippen LogP contribution in [0.1, 0.15) is 44.6 Å². The van der Waals surface area contributed by atoms with Crippen molar-refractivity contribution in [2.45, 2.75) is 51.5 Å². The molecule has 126 valence electrons. The maximum Gasteiger partial charge on any atom is 0.224 e. The van der Waals surface area contributed by atoms with Gasteiger partial charge >= 0.3 is 0 Å². The van der Waals surface area contributed by atoms with E-state index in [9.17, 15) is 4.79 Å². The summed E-state index contributed by atoms with van der Waals surface area (Å²) in [6, 6.07) is 14.3. The summed E-state index contributed by atoms with van der Waals surface area (Å²) in [5.41, 5.74) is 3.08. The highest BCUT2D eigenvalue weighted by atomic mass is 16.1. The fourth-order valence-electron chi connectivity index (χ4n) is 3.57. The molecule has 1 N–H and O–H groups in total. The molecule has 0 unspecified atom stereocenters. The van der Waals surface area contributed by atoms with Crippen molar-refractivity contribution in [2.75, 3.05) is 0 Å². The van der Waals surface area contributed by atoms with Crippen molar-refractivity contribution in [1.29, 1.82) is 0 Å². The van der Waals surface area contributed by atoms with Crippen molar-refractivity contribution in [3.63, 3.8) is 0 Å². The first-order valence-electron chi connectivity index (χ1n) is 9.02. The Bertz CT molecular complexity index is 645. The Morgan fingerprint density at radius 1 is 1.12 bits per heavy atom. The van der Waals surface area contributed by atoms with Crippen LogP contribution in [-0.2, 0) is 11.2 Å². The Balaban J connectivity index is 1.54. The van der Waals surface area contributed by atoms with E-state index in [-0.39, 0.29) is 11.9 Å². The zero-order valence-electron chi connectivity index (χ0n) is 14.4. The van der Waals surface area contributed by atoms with Gasteiger partial charge in [0.25, 0.3) is 0 Å². The monoisotopic (exact) mass is 322 g/mol. The molecule has 0 aliphatic heterocycles. The second-order valence-electron chi connectivity index (χ2n) is 6.84. The van der Waals surface area contributed by atoms with Gasteiger partial charge in [-0.05, 0) is 43.4 Å². The van der Waals surface area contributed by atoms with Crippen molar-refractivity contribution in [2.24, 2.45) is 5.92 Å². The number of nitrogens with one attached hydrogen (secondary N) is 1. The first-order valence-corrected chi connectivity index (χ1v) is 9.02. The first-order chi connectivity index (χ1) is 11.7. The summed E-state index contributed by atoms with van der Waals surface area (Å²) >= 11 is 0. The molecule has 1 amide bonds. The Hall–Kier alpha value is -2.16. The van der Waals surface area contributed by atoms with E-state index in [4.69, 9.17) is 0 Å². The predicted molar refractivity (Wildman–Crippen MR) is 97.6 cm³/mol. The van der Waals surface area contributed by atoms with Gasteiger partial charge in [0.1, 0.15) is 0 Å². The molecule has 3 heteroatoms. The number of aromatic nitrogens is 1. The third kappa shape index (κ3) is 4.44. The van der Waals surface area contributed by atoms with Gasteiger partial charge in [-0.3, -0.25) is 9.78 Å². The van der Waals surface area contributed by atoms with Gasteiger partial charge in [0.15, 0.2) is 0 Å². The number of carbonyl (C=O) groups excluding carboxylic acids is 1. The van der Waals surface area contributed by atoms with Crippen LogP contribution in [0.2, 0.25) is 0 Å². The lowest BCUT2D eigenvalue weighted by Gasteiger charge is -2.28. The van der Waals surface area contributed by atoms with Crippen molar-refractivity contribution >= 4 is 5.91 Å². The zero-order chi connectivity index (χ0) is 16.8. The molecule has 3 nitrogen and oxygen atoms in total. The van der Waals surface area contributed by atoms with E-state index in [1.54, 1.807) is 6.20 Å². The van der Waals surface area contributed by atoms with E-state index in [2.05, 4.69) is 17.2 Å². The normalized spacial score (nSPS) is 16.5. The number of rotatable bonds is 5. The van der Waals surface area contributed by atoms with Crippen LogP contribution in [0.3, 0.4) is 0 Å². The second-order valence-corrected chi connectivity index (χ2v) is 6.84. The van der Waals surface area contributed by atoms with Crippen molar-refractivity contribution < 1.29 is 4.79 Å². The van der Waals surface area contributed by atoms with Crippen LogP contribution in [0.15, 0.2) is 48.7 Å². The average molecular weight is 322 g/mol. The molecule has 1 fully saturated rings. The predicted octanol–water partition coefficient (Wildman–Crippen LogP) is 4.38. The minimum absolute atomic E-state index is 0.124. The van der Waals surface area contributed by atoms with Crippen molar-refractivity contribution in [1.82, 2.24) is 10.3 Å². The molecule has 1 heterocycles. The molecule has 0 bridgehead atoms. The lowest BCUT2D eigenvalue weighted by atomic mass is 9.84. The quantitative estimate of drug-likeness (QED) is 0.888. The highest BCUT2D eigenvalue weighted by Gasteiger charge is 2.21. The molecule has 1 aliphatic carbocycles. The number of hydrogen-bond donors (Lipinski definition) is 1. The molecule has 1 aromatic carbocycles. The number of amides is 1. The zero-order valence-corrected chi connectivity index (χ0v) is 14.4. The Kier molecular flexibility index (Phi) is 5.63. The van der Waals surface area contributed by atoms with E-state index in [0.29, 0.717) is 12.3 Å². The topological polar surface area (TPSA) is 42.0 Å². The van der Waals surface area contributed by atoms with Crippen LogP contribution in [-0.4, -0.2) is 16.9 Å². The molecular formula is C21H26N2O. The van der Waals surface area contributed by atoms with Gasteiger partial charge in [-0.1, -0.05) is 49.6 Å². The van der Waals surface area contributed by atoms with E-state index in [0.717, 1.165) is 16.8 Å². The van der Waals surface area contributed by atoms with Crippen LogP contribution in [0, 0.1) is 5.92 Å². The first kappa shape index (κ1) is 16.7. The summed E-state index contributed by atoms with van der Waals surface area (Å²) < 4.78 is 0. The Morgan fingerprint density at radius 3 is 2.54 bits per heavy atom. The minimum Gasteiger partial charge on any atom is -0.353 e. The summed E-state index contributed by atoms with van der Waals surface area (Å²) in [5, 5.41) is 3.19. The summed E-state index contributed by atoms with van der Waals surface area (Å²) in [7, 11) is 0. The lowest BCUT2D eigenvalue weighted by Crippen LogP contribution is -2.39. The molecule has 0 radical (unpaired) electrons. The van der Waals surface area contributed by atoms with Gasteiger partial charge in [0, 0.05) is 17.8 Å². The van der Waals surface area contributed by atoms with Crippen LogP contribution >= 0.6 is 0 Å². The van der Waals surface area contributed by atoms with E-state index in [1.807, 2.05) is 42.5 Å². The number of pyridine rings is 1. The molecule has 3 rings (SSSR count). The highest BCUT2D eigenvalue weighted by Crippen LogP contribution is 2.26. The van der Waals surface area contributed by atoms with E-state index in [1.165, 1.54) is 32.1 Å². The van der Waals surface area contributed by atoms with Crippen LogP contribution in [0.4, 0.5) is 0 Å². The summed E-state index contributed by atoms with van der Waals surface area (Å²) in [5.74, 6) is 0.771. The van der Waals surface area contributed by atoms with Crippen LogP contribution in [0.25, 0.3) is 11.3 Å². The molecule has 0 spiro atoms. The van der Waals surface area contributed by atoms with Crippen molar-refractivity contribution in [3.05, 3.63) is 54.2 Å². The molecule has 1 aliphatic rings. The lowest BCUT2D eigenvalue weighted by molar-refractivity contribution is -0.121. The summed E-state index contributed by atoms with van der Waals surface area (Å²) in [4.78, 5) is 16.6. The molecule has 0 saturated heterocycles. The SMILES string of the molecule is C[C@@H](NC(=O)Cc1ccc(-c2ccccn2)cc1)C1CCCCC1. The van der Waals surface area contributed by atoms with Gasteiger partial charge in [-0.25, -0.2) is 0 Å². The molecule has 1 aromatic heterocycles. The van der Waals surface area contributed by atoms with Gasteiger partial charge in [-0.15, -0.1) is 0 Å². The highest BCUT2D eigenvalue weighted by molar-refractivity contribution is 5.79. The van der Waals surface area contributed by atoms with Crippen LogP contribution in [0.5, 0.6) is 0 Å². The third-order valence-corrected chi connectivity index (χ3v) is 5.02. The Labute approximate surface area is 144 Å². The van der Waals surface area contributed by atoms with E-state index < -0.39 is 0 Å². The summed E-state index contributed by atoms with van der Waals surface area (Å²) in [6.45, 7) is 2.15. The standard InChI is InChI=1S/C21H26N2O/c1-16(18-7-3-2-4-8-18)23-21(24)15-17-10-12-19(13-11-17)20-9-5-6-14-22-20/h5-6,9-14,16,18H,2-4,7-8,15H2,1H3,(H,23,24)/t16-/m1/s1. The minimum atomic E-state index is 0.124. The fraction of sp³-hybridized carbons (Fsp3) is 0.429. The third-order valence-electron chi connectivity index (χ3n) is 5.02. The molecule has 1 atom stereocenters. The number of benzene rings is 1. The summed E-state index contributed by atoms with van der Waals surface area (Å²) in [6.07, 6.45) is 8.70. The molecule has 1 saturated carbocycles. The van der Waals surface area contributed by atoms with Crippen LogP contribution < -0.4 is 5.32 Å². The number of hydrogen-bond acceptors (Lipinski definition) is 2. The average Bonchev–Trinajstić information content (AvgIpc) is 2.64.